The molecule has 0 aromatic heterocycles. The van der Waals surface area contributed by atoms with Gasteiger partial charge in [-0.3, -0.25) is 0 Å². The minimum atomic E-state index is -0.242. The molecule has 0 atom stereocenters. The number of carbonyl (C=O) groups excluding carboxylic acids is 1. The maximum absolute atomic E-state index is 11.1. The molecule has 1 N–H and O–H groups in total. The van der Waals surface area contributed by atoms with Crippen LogP contribution in [0, 0.1) is 0 Å². The Kier molecular flexibility index (Phi) is 4.33. The first-order chi connectivity index (χ1) is 7.07. The van der Waals surface area contributed by atoms with Crippen LogP contribution in [0.2, 0.25) is 0 Å². The van der Waals surface area contributed by atoms with Crippen LogP contribution in [0.1, 0.15) is 39.5 Å². The Hall–Kier alpha value is -0.830. The normalized spacial score (nSPS) is 20.3. The van der Waals surface area contributed by atoms with Crippen LogP contribution in [0.25, 0.3) is 0 Å². The van der Waals surface area contributed by atoms with Crippen LogP contribution in [0.5, 0.6) is 0 Å². The molecule has 0 aromatic rings. The van der Waals surface area contributed by atoms with Crippen molar-refractivity contribution in [2.75, 3.05) is 13.7 Å². The lowest BCUT2D eigenvalue weighted by molar-refractivity contribution is -0.136. The first-order valence-corrected chi connectivity index (χ1v) is 5.57. The zero-order valence-electron chi connectivity index (χ0n) is 9.93. The summed E-state index contributed by atoms with van der Waals surface area (Å²) in [5, 5.41) is 3.48. The number of nitrogens with one attached hydrogen (secondary N) is 1. The Balaban J connectivity index is 2.34. The second-order valence-electron chi connectivity index (χ2n) is 4.53. The van der Waals surface area contributed by atoms with Crippen molar-refractivity contribution in [2.45, 2.75) is 45.1 Å². The van der Waals surface area contributed by atoms with Gasteiger partial charge in [-0.1, -0.05) is 18.9 Å². The molecule has 1 fully saturated rings. The summed E-state index contributed by atoms with van der Waals surface area (Å²) in [6.45, 7) is 4.78. The summed E-state index contributed by atoms with van der Waals surface area (Å²) in [5.41, 5.74) is 0.944. The summed E-state index contributed by atoms with van der Waals surface area (Å²) in [7, 11) is 1.41. The predicted octanol–water partition coefficient (Wildman–Crippen LogP) is 2.03. The molecule has 1 saturated carbocycles. The van der Waals surface area contributed by atoms with Crippen LogP contribution >= 0.6 is 0 Å². The molecule has 3 nitrogen and oxygen atoms in total. The first-order valence-electron chi connectivity index (χ1n) is 5.57. The highest BCUT2D eigenvalue weighted by Gasteiger charge is 2.27. The van der Waals surface area contributed by atoms with Crippen molar-refractivity contribution < 1.29 is 9.53 Å². The summed E-state index contributed by atoms with van der Waals surface area (Å²) in [6.07, 6.45) is 6.98. The quantitative estimate of drug-likeness (QED) is 0.571. The minimum absolute atomic E-state index is 0.242. The fourth-order valence-electron chi connectivity index (χ4n) is 2.03. The Morgan fingerprint density at radius 1 is 1.47 bits per heavy atom. The van der Waals surface area contributed by atoms with E-state index in [0.717, 1.165) is 6.54 Å². The number of ether oxygens (including phenoxy) is 1. The van der Waals surface area contributed by atoms with Crippen molar-refractivity contribution in [2.24, 2.45) is 0 Å². The first kappa shape index (κ1) is 12.2. The Bertz CT molecular complexity index is 252. The van der Waals surface area contributed by atoms with Gasteiger partial charge in [0.15, 0.2) is 0 Å². The molecule has 0 radical (unpaired) electrons. The van der Waals surface area contributed by atoms with Crippen LogP contribution in [0.3, 0.4) is 0 Å². The van der Waals surface area contributed by atoms with E-state index in [1.54, 1.807) is 6.92 Å². The van der Waals surface area contributed by atoms with Crippen molar-refractivity contribution in [1.29, 1.82) is 0 Å². The van der Waals surface area contributed by atoms with Gasteiger partial charge in [-0.25, -0.2) is 4.79 Å². The van der Waals surface area contributed by atoms with E-state index in [-0.39, 0.29) is 11.5 Å². The molecule has 15 heavy (non-hydrogen) atoms. The van der Waals surface area contributed by atoms with Crippen LogP contribution < -0.4 is 5.32 Å². The predicted molar refractivity (Wildman–Crippen MR) is 60.6 cm³/mol. The van der Waals surface area contributed by atoms with Gasteiger partial charge in [0.1, 0.15) is 0 Å². The largest absolute Gasteiger partial charge is 0.466 e. The number of esters is 1. The molecule has 1 aliphatic rings. The summed E-state index contributed by atoms with van der Waals surface area (Å²) >= 11 is 0. The van der Waals surface area contributed by atoms with E-state index in [1.165, 1.54) is 32.8 Å². The molecule has 0 bridgehead atoms. The fraction of sp³-hybridized carbons (Fsp3) is 0.750. The number of rotatable bonds is 4. The average molecular weight is 211 g/mol. The third-order valence-electron chi connectivity index (χ3n) is 3.15. The summed E-state index contributed by atoms with van der Waals surface area (Å²) < 4.78 is 4.62. The van der Waals surface area contributed by atoms with E-state index in [1.807, 2.05) is 6.08 Å². The zero-order valence-corrected chi connectivity index (χ0v) is 9.93. The van der Waals surface area contributed by atoms with Crippen LogP contribution in [-0.2, 0) is 9.53 Å². The summed E-state index contributed by atoms with van der Waals surface area (Å²) in [4.78, 5) is 11.1. The lowest BCUT2D eigenvalue weighted by Gasteiger charge is -2.24. The average Bonchev–Trinajstić information content (AvgIpc) is 2.64. The molecule has 86 valence electrons. The maximum atomic E-state index is 11.1. The van der Waals surface area contributed by atoms with Crippen molar-refractivity contribution in [1.82, 2.24) is 5.32 Å². The molecule has 0 aromatic carbocycles. The van der Waals surface area contributed by atoms with Crippen LogP contribution in [0.15, 0.2) is 11.6 Å². The van der Waals surface area contributed by atoms with Gasteiger partial charge in [-0.2, -0.15) is 0 Å². The van der Waals surface area contributed by atoms with Gasteiger partial charge in [-0.05, 0) is 26.7 Å². The number of hydrogen-bond acceptors (Lipinski definition) is 3. The van der Waals surface area contributed by atoms with Gasteiger partial charge in [-0.15, -0.1) is 0 Å². The topological polar surface area (TPSA) is 38.3 Å². The van der Waals surface area contributed by atoms with Crippen molar-refractivity contribution in [3.8, 4) is 0 Å². The van der Waals surface area contributed by atoms with Crippen molar-refractivity contribution in [3.63, 3.8) is 0 Å². The van der Waals surface area contributed by atoms with E-state index in [9.17, 15) is 4.79 Å². The van der Waals surface area contributed by atoms with Crippen LogP contribution in [0.4, 0.5) is 0 Å². The highest BCUT2D eigenvalue weighted by molar-refractivity contribution is 5.87. The number of carbonyl (C=O) groups is 1. The summed E-state index contributed by atoms with van der Waals surface area (Å²) in [5.74, 6) is -0.242. The number of hydrogen-bond donors (Lipinski definition) is 1. The minimum Gasteiger partial charge on any atom is -0.466 e. The van der Waals surface area contributed by atoms with Gasteiger partial charge in [0.05, 0.1) is 7.11 Å². The second-order valence-corrected chi connectivity index (χ2v) is 4.53. The smallest absolute Gasteiger partial charge is 0.333 e. The molecule has 0 saturated heterocycles. The van der Waals surface area contributed by atoms with E-state index in [2.05, 4.69) is 17.0 Å². The van der Waals surface area contributed by atoms with E-state index in [0.29, 0.717) is 5.57 Å². The van der Waals surface area contributed by atoms with E-state index in [4.69, 9.17) is 0 Å². The van der Waals surface area contributed by atoms with Gasteiger partial charge in [0.2, 0.25) is 0 Å². The SMILES string of the molecule is COC(=O)C(C)=CCNC1(C)CCCC1. The molecule has 0 heterocycles. The molecule has 3 heteroatoms. The maximum Gasteiger partial charge on any atom is 0.333 e. The van der Waals surface area contributed by atoms with E-state index < -0.39 is 0 Å². The molecule has 0 spiro atoms. The standard InChI is InChI=1S/C12H21NO2/c1-10(11(14)15-3)6-9-13-12(2)7-4-5-8-12/h6,13H,4-5,7-9H2,1-3H3. The van der Waals surface area contributed by atoms with Gasteiger partial charge < -0.3 is 10.1 Å². The monoisotopic (exact) mass is 211 g/mol. The lowest BCUT2D eigenvalue weighted by atomic mass is 10.0. The molecule has 0 aliphatic heterocycles. The fourth-order valence-corrected chi connectivity index (χ4v) is 2.03. The molecule has 0 amide bonds. The molecule has 1 rings (SSSR count). The highest BCUT2D eigenvalue weighted by Crippen LogP contribution is 2.28. The third-order valence-corrected chi connectivity index (χ3v) is 3.15. The molecular weight excluding hydrogens is 190 g/mol. The second kappa shape index (κ2) is 5.31. The highest BCUT2D eigenvalue weighted by atomic mass is 16.5. The third kappa shape index (κ3) is 3.67. The van der Waals surface area contributed by atoms with Crippen molar-refractivity contribution in [3.05, 3.63) is 11.6 Å². The van der Waals surface area contributed by atoms with Gasteiger partial charge in [0.25, 0.3) is 0 Å². The Labute approximate surface area is 91.9 Å². The Morgan fingerprint density at radius 3 is 2.60 bits per heavy atom. The van der Waals surface area contributed by atoms with Gasteiger partial charge in [0, 0.05) is 17.7 Å². The summed E-state index contributed by atoms with van der Waals surface area (Å²) in [6, 6.07) is 0. The van der Waals surface area contributed by atoms with Crippen LogP contribution in [-0.4, -0.2) is 25.2 Å². The Morgan fingerprint density at radius 2 is 2.07 bits per heavy atom. The van der Waals surface area contributed by atoms with E-state index >= 15 is 0 Å². The number of methoxy groups -OCH3 is 1. The lowest BCUT2D eigenvalue weighted by Crippen LogP contribution is -2.39. The molecule has 1 aliphatic carbocycles. The van der Waals surface area contributed by atoms with Crippen molar-refractivity contribution >= 4 is 5.97 Å². The zero-order chi connectivity index (χ0) is 11.3. The van der Waals surface area contributed by atoms with Gasteiger partial charge >= 0.3 is 5.97 Å². The molecule has 0 unspecified atom stereocenters. The molecular formula is C12H21NO2.